The minimum Gasteiger partial charge on any atom is -0.322 e. The molecular formula is C16H19BrFN7O3. The molecule has 12 heteroatoms. The first kappa shape index (κ1) is 20.2. The summed E-state index contributed by atoms with van der Waals surface area (Å²) in [5, 5.41) is 19.4. The van der Waals surface area contributed by atoms with E-state index >= 15 is 0 Å². The van der Waals surface area contributed by atoms with Crippen LogP contribution in [0.3, 0.4) is 0 Å². The van der Waals surface area contributed by atoms with Crippen molar-refractivity contribution in [2.24, 2.45) is 4.99 Å². The normalized spacial score (nSPS) is 15.6. The van der Waals surface area contributed by atoms with Crippen LogP contribution in [-0.4, -0.2) is 69.9 Å². The Kier molecular flexibility index (Phi) is 6.54. The summed E-state index contributed by atoms with van der Waals surface area (Å²) in [5.74, 6) is -0.563. The Hall–Kier alpha value is -2.57. The molecule has 2 amide bonds. The molecule has 2 aromatic rings. The van der Waals surface area contributed by atoms with Gasteiger partial charge in [0.1, 0.15) is 5.82 Å². The van der Waals surface area contributed by atoms with Crippen molar-refractivity contribution in [3.8, 4) is 0 Å². The fourth-order valence-corrected chi connectivity index (χ4v) is 3.05. The fourth-order valence-electron chi connectivity index (χ4n) is 2.69. The van der Waals surface area contributed by atoms with Crippen LogP contribution in [0.15, 0.2) is 32.3 Å². The maximum atomic E-state index is 13.4. The van der Waals surface area contributed by atoms with E-state index in [-0.39, 0.29) is 27.9 Å². The zero-order valence-electron chi connectivity index (χ0n) is 15.0. The first-order chi connectivity index (χ1) is 13.5. The van der Waals surface area contributed by atoms with E-state index in [4.69, 9.17) is 0 Å². The van der Waals surface area contributed by atoms with Crippen molar-refractivity contribution in [2.75, 3.05) is 38.0 Å². The third-order valence-corrected chi connectivity index (χ3v) is 4.90. The van der Waals surface area contributed by atoms with Crippen LogP contribution >= 0.6 is 15.9 Å². The van der Waals surface area contributed by atoms with Crippen LogP contribution < -0.4 is 10.8 Å². The molecule has 3 N–H and O–H groups in total. The van der Waals surface area contributed by atoms with E-state index in [1.807, 2.05) is 5.48 Å². The molecule has 150 valence electrons. The summed E-state index contributed by atoms with van der Waals surface area (Å²) in [6.07, 6.45) is 0. The van der Waals surface area contributed by atoms with Crippen LogP contribution in [0.25, 0.3) is 0 Å². The molecule has 0 bridgehead atoms. The molecular weight excluding hydrogens is 437 g/mol. The second-order valence-corrected chi connectivity index (χ2v) is 6.84. The van der Waals surface area contributed by atoms with Crippen molar-refractivity contribution in [1.29, 1.82) is 0 Å². The lowest BCUT2D eigenvalue weighted by molar-refractivity contribution is 0.151. The van der Waals surface area contributed by atoms with E-state index < -0.39 is 5.82 Å². The summed E-state index contributed by atoms with van der Waals surface area (Å²) in [5.41, 5.74) is 2.24. The zero-order valence-corrected chi connectivity index (χ0v) is 16.6. The van der Waals surface area contributed by atoms with Gasteiger partial charge in [-0.1, -0.05) is 6.92 Å². The van der Waals surface area contributed by atoms with E-state index in [9.17, 15) is 14.4 Å². The Balaban J connectivity index is 1.75. The van der Waals surface area contributed by atoms with Crippen LogP contribution in [0, 0.1) is 5.82 Å². The highest BCUT2D eigenvalue weighted by molar-refractivity contribution is 9.10. The number of amidine groups is 1. The van der Waals surface area contributed by atoms with Gasteiger partial charge in [0.2, 0.25) is 5.82 Å². The van der Waals surface area contributed by atoms with Crippen LogP contribution in [0.1, 0.15) is 12.6 Å². The average molecular weight is 456 g/mol. The highest BCUT2D eigenvalue weighted by Crippen LogP contribution is 2.23. The molecule has 3 rings (SSSR count). The van der Waals surface area contributed by atoms with E-state index in [1.54, 1.807) is 4.90 Å². The smallest absolute Gasteiger partial charge is 0.322 e. The highest BCUT2D eigenvalue weighted by Gasteiger charge is 2.24. The maximum Gasteiger partial charge on any atom is 0.323 e. The summed E-state index contributed by atoms with van der Waals surface area (Å²) >= 11 is 3.07. The van der Waals surface area contributed by atoms with Gasteiger partial charge in [-0.3, -0.25) is 16.0 Å². The van der Waals surface area contributed by atoms with Crippen molar-refractivity contribution in [2.45, 2.75) is 6.92 Å². The molecule has 1 aromatic carbocycles. The second kappa shape index (κ2) is 9.08. The van der Waals surface area contributed by atoms with Crippen molar-refractivity contribution in [3.63, 3.8) is 0 Å². The summed E-state index contributed by atoms with van der Waals surface area (Å²) in [6.45, 7) is 5.77. The number of amides is 2. The number of aromatic nitrogens is 2. The van der Waals surface area contributed by atoms with Gasteiger partial charge in [0.15, 0.2) is 11.5 Å². The number of urea groups is 1. The van der Waals surface area contributed by atoms with Gasteiger partial charge in [0.05, 0.1) is 10.2 Å². The number of hydrogen-bond acceptors (Lipinski definition) is 7. The summed E-state index contributed by atoms with van der Waals surface area (Å²) in [4.78, 5) is 20.5. The maximum absolute atomic E-state index is 13.4. The number of carbonyl (C=O) groups excluding carboxylic acids is 1. The number of carbonyl (C=O) groups is 1. The molecule has 10 nitrogen and oxygen atoms in total. The number of aliphatic imine (C=N–C) groups is 1. The number of halogens is 2. The summed E-state index contributed by atoms with van der Waals surface area (Å²) in [7, 11) is 0. The van der Waals surface area contributed by atoms with Gasteiger partial charge in [0, 0.05) is 26.2 Å². The first-order valence-electron chi connectivity index (χ1n) is 8.57. The SMILES string of the molecule is CCN1CCN(C(=O)Nc2nonc2C(=Nc2ccc(F)c(Br)c2)NO)CC1. The number of anilines is 1. The highest BCUT2D eigenvalue weighted by atomic mass is 79.9. The standard InChI is InChI=1S/C16H19BrFN7O3/c1-2-24-5-7-25(8-6-24)16(26)20-15-13(22-28-23-15)14(21-27)19-10-3-4-12(18)11(17)9-10/h3-4,9,27H,2,5-8H2,1H3,(H,19,21)(H,20,23,26). The molecule has 1 fully saturated rings. The van der Waals surface area contributed by atoms with Gasteiger partial charge < -0.3 is 9.80 Å². The number of likely N-dealkylation sites (N-methyl/N-ethyl adjacent to an activating group) is 1. The minimum atomic E-state index is -0.448. The number of piperazine rings is 1. The van der Waals surface area contributed by atoms with Gasteiger partial charge in [-0.15, -0.1) is 0 Å². The zero-order chi connectivity index (χ0) is 20.1. The third kappa shape index (κ3) is 4.64. The molecule has 1 saturated heterocycles. The number of benzene rings is 1. The van der Waals surface area contributed by atoms with E-state index in [2.05, 4.69) is 53.0 Å². The van der Waals surface area contributed by atoms with Crippen molar-refractivity contribution in [1.82, 2.24) is 25.6 Å². The van der Waals surface area contributed by atoms with Gasteiger partial charge in [-0.2, -0.15) is 0 Å². The molecule has 2 heterocycles. The molecule has 0 spiro atoms. The van der Waals surface area contributed by atoms with Crippen LogP contribution in [0.5, 0.6) is 0 Å². The van der Waals surface area contributed by atoms with Gasteiger partial charge in [-0.05, 0) is 51.0 Å². The van der Waals surface area contributed by atoms with Crippen molar-refractivity contribution < 1.29 is 19.0 Å². The van der Waals surface area contributed by atoms with Crippen molar-refractivity contribution in [3.05, 3.63) is 34.2 Å². The third-order valence-electron chi connectivity index (χ3n) is 4.29. The van der Waals surface area contributed by atoms with E-state index in [0.717, 1.165) is 19.6 Å². The van der Waals surface area contributed by atoms with Gasteiger partial charge in [0.25, 0.3) is 0 Å². The topological polar surface area (TPSA) is 119 Å². The summed E-state index contributed by atoms with van der Waals surface area (Å²) in [6, 6.07) is 3.70. The van der Waals surface area contributed by atoms with Crippen LogP contribution in [0.2, 0.25) is 0 Å². The number of hydroxylamine groups is 1. The minimum absolute atomic E-state index is 0.00323. The second-order valence-electron chi connectivity index (χ2n) is 5.98. The average Bonchev–Trinajstić information content (AvgIpc) is 3.16. The molecule has 1 aliphatic heterocycles. The van der Waals surface area contributed by atoms with E-state index in [0.29, 0.717) is 18.8 Å². The lowest BCUT2D eigenvalue weighted by Crippen LogP contribution is -2.49. The summed E-state index contributed by atoms with van der Waals surface area (Å²) < 4.78 is 18.3. The fraction of sp³-hybridized carbons (Fsp3) is 0.375. The lowest BCUT2D eigenvalue weighted by atomic mass is 10.3. The largest absolute Gasteiger partial charge is 0.323 e. The molecule has 0 saturated carbocycles. The molecule has 1 aromatic heterocycles. The van der Waals surface area contributed by atoms with Crippen LogP contribution in [-0.2, 0) is 0 Å². The van der Waals surface area contributed by atoms with E-state index in [1.165, 1.54) is 18.2 Å². The predicted octanol–water partition coefficient (Wildman–Crippen LogP) is 2.20. The predicted molar refractivity (Wildman–Crippen MR) is 102 cm³/mol. The Morgan fingerprint density at radius 2 is 2.11 bits per heavy atom. The lowest BCUT2D eigenvalue weighted by Gasteiger charge is -2.33. The monoisotopic (exact) mass is 455 g/mol. The number of nitrogens with one attached hydrogen (secondary N) is 2. The molecule has 0 unspecified atom stereocenters. The number of rotatable bonds is 4. The Labute approximate surface area is 168 Å². The van der Waals surface area contributed by atoms with Gasteiger partial charge >= 0.3 is 6.03 Å². The van der Waals surface area contributed by atoms with Gasteiger partial charge in [-0.25, -0.2) is 18.8 Å². The van der Waals surface area contributed by atoms with Crippen LogP contribution in [0.4, 0.5) is 20.7 Å². The molecule has 28 heavy (non-hydrogen) atoms. The number of nitrogens with zero attached hydrogens (tertiary/aromatic N) is 5. The Bertz CT molecular complexity index is 868. The van der Waals surface area contributed by atoms with Crippen molar-refractivity contribution >= 4 is 39.3 Å². The Morgan fingerprint density at radius 1 is 1.36 bits per heavy atom. The first-order valence-corrected chi connectivity index (χ1v) is 9.36. The quantitative estimate of drug-likeness (QED) is 0.367. The number of hydrogen-bond donors (Lipinski definition) is 3. The molecule has 0 radical (unpaired) electrons. The molecule has 1 aliphatic rings. The Morgan fingerprint density at radius 3 is 2.75 bits per heavy atom. The molecule has 0 atom stereocenters. The molecule has 0 aliphatic carbocycles.